The van der Waals surface area contributed by atoms with E-state index in [0.717, 1.165) is 19.5 Å². The number of nitrogens with zero attached hydrogens (tertiary/aromatic N) is 1. The highest BCUT2D eigenvalue weighted by atomic mass is 16.3. The van der Waals surface area contributed by atoms with E-state index in [0.29, 0.717) is 19.6 Å². The van der Waals surface area contributed by atoms with Gasteiger partial charge in [0.15, 0.2) is 0 Å². The quantitative estimate of drug-likeness (QED) is 0.632. The van der Waals surface area contributed by atoms with Crippen molar-refractivity contribution in [2.45, 2.75) is 18.6 Å². The third-order valence-electron chi connectivity index (χ3n) is 3.40. The minimum absolute atomic E-state index is 0.115. The van der Waals surface area contributed by atoms with Gasteiger partial charge in [0.25, 0.3) is 0 Å². The maximum absolute atomic E-state index is 10.4. The molecule has 100 valence electrons. The maximum atomic E-state index is 10.4. The predicted octanol–water partition coefficient (Wildman–Crippen LogP) is 0.205. The van der Waals surface area contributed by atoms with Crippen molar-refractivity contribution in [3.8, 4) is 0 Å². The van der Waals surface area contributed by atoms with Crippen LogP contribution in [0.25, 0.3) is 0 Å². The van der Waals surface area contributed by atoms with Crippen LogP contribution in [0.2, 0.25) is 0 Å². The molecule has 0 saturated carbocycles. The van der Waals surface area contributed by atoms with Crippen LogP contribution >= 0.6 is 0 Å². The number of hydrogen-bond acceptors (Lipinski definition) is 4. The van der Waals surface area contributed by atoms with Crippen LogP contribution in [-0.4, -0.2) is 53.5 Å². The summed E-state index contributed by atoms with van der Waals surface area (Å²) in [5.41, 5.74) is 0.634. The van der Waals surface area contributed by atoms with E-state index in [9.17, 15) is 5.11 Å². The maximum Gasteiger partial charge on any atom is 0.0909 e. The summed E-state index contributed by atoms with van der Waals surface area (Å²) in [5.74, 6) is 0. The monoisotopic (exact) mass is 250 g/mol. The zero-order chi connectivity index (χ0) is 12.8. The summed E-state index contributed by atoms with van der Waals surface area (Å²) in [4.78, 5) is 2.27. The van der Waals surface area contributed by atoms with Crippen LogP contribution in [0, 0.1) is 0 Å². The lowest BCUT2D eigenvalue weighted by atomic mass is 10.0. The summed E-state index contributed by atoms with van der Waals surface area (Å²) in [7, 11) is 0. The summed E-state index contributed by atoms with van der Waals surface area (Å²) in [6, 6.07) is 10.3. The average molecular weight is 250 g/mol. The molecule has 3 N–H and O–H groups in total. The molecule has 0 aliphatic carbocycles. The Morgan fingerprint density at radius 2 is 2.06 bits per heavy atom. The van der Waals surface area contributed by atoms with Crippen LogP contribution in [0.15, 0.2) is 30.3 Å². The Kier molecular flexibility index (Phi) is 4.72. The van der Waals surface area contributed by atoms with E-state index in [-0.39, 0.29) is 6.61 Å². The molecule has 18 heavy (non-hydrogen) atoms. The highest BCUT2D eigenvalue weighted by Gasteiger charge is 2.35. The van der Waals surface area contributed by atoms with Crippen LogP contribution < -0.4 is 5.32 Å². The SMILES string of the molecule is OCCNCC1(O)CCN(Cc2ccccc2)C1. The van der Waals surface area contributed by atoms with Crippen molar-refractivity contribution in [1.29, 1.82) is 0 Å². The van der Waals surface area contributed by atoms with E-state index in [4.69, 9.17) is 5.11 Å². The highest BCUT2D eigenvalue weighted by molar-refractivity contribution is 5.15. The van der Waals surface area contributed by atoms with E-state index in [1.54, 1.807) is 0 Å². The number of benzene rings is 1. The van der Waals surface area contributed by atoms with Crippen LogP contribution in [0.5, 0.6) is 0 Å². The van der Waals surface area contributed by atoms with Crippen LogP contribution in [-0.2, 0) is 6.54 Å². The Labute approximate surface area is 108 Å². The van der Waals surface area contributed by atoms with Gasteiger partial charge < -0.3 is 15.5 Å². The van der Waals surface area contributed by atoms with Gasteiger partial charge in [0.05, 0.1) is 12.2 Å². The molecule has 1 aliphatic heterocycles. The molecular formula is C14H22N2O2. The van der Waals surface area contributed by atoms with E-state index in [2.05, 4.69) is 22.3 Å². The number of aliphatic hydroxyl groups excluding tert-OH is 1. The van der Waals surface area contributed by atoms with Crippen LogP contribution in [0.3, 0.4) is 0 Å². The van der Waals surface area contributed by atoms with Crippen molar-refractivity contribution in [3.05, 3.63) is 35.9 Å². The van der Waals surface area contributed by atoms with Crippen LogP contribution in [0.1, 0.15) is 12.0 Å². The van der Waals surface area contributed by atoms with E-state index in [1.807, 2.05) is 18.2 Å². The van der Waals surface area contributed by atoms with Crippen molar-refractivity contribution < 1.29 is 10.2 Å². The number of likely N-dealkylation sites (tertiary alicyclic amines) is 1. The average Bonchev–Trinajstić information content (AvgIpc) is 2.73. The summed E-state index contributed by atoms with van der Waals surface area (Å²) < 4.78 is 0. The molecule has 1 saturated heterocycles. The summed E-state index contributed by atoms with van der Waals surface area (Å²) >= 11 is 0. The smallest absolute Gasteiger partial charge is 0.0909 e. The minimum Gasteiger partial charge on any atom is -0.395 e. The highest BCUT2D eigenvalue weighted by Crippen LogP contribution is 2.22. The largest absolute Gasteiger partial charge is 0.395 e. The van der Waals surface area contributed by atoms with Gasteiger partial charge in [-0.25, -0.2) is 0 Å². The Morgan fingerprint density at radius 3 is 2.78 bits per heavy atom. The Morgan fingerprint density at radius 1 is 1.28 bits per heavy atom. The zero-order valence-electron chi connectivity index (χ0n) is 10.7. The molecule has 1 unspecified atom stereocenters. The first kappa shape index (κ1) is 13.5. The molecule has 1 aliphatic rings. The number of rotatable bonds is 6. The fraction of sp³-hybridized carbons (Fsp3) is 0.571. The van der Waals surface area contributed by atoms with Gasteiger partial charge in [0.2, 0.25) is 0 Å². The van der Waals surface area contributed by atoms with Gasteiger partial charge in [-0.15, -0.1) is 0 Å². The van der Waals surface area contributed by atoms with Gasteiger partial charge in [0, 0.05) is 32.7 Å². The fourth-order valence-electron chi connectivity index (χ4n) is 2.46. The fourth-order valence-corrected chi connectivity index (χ4v) is 2.46. The Balaban J connectivity index is 1.80. The first-order valence-corrected chi connectivity index (χ1v) is 6.52. The first-order valence-electron chi connectivity index (χ1n) is 6.52. The molecule has 2 rings (SSSR count). The Hall–Kier alpha value is -0.940. The van der Waals surface area contributed by atoms with Crippen molar-refractivity contribution >= 4 is 0 Å². The molecule has 1 atom stereocenters. The minimum atomic E-state index is -0.649. The molecule has 0 spiro atoms. The third-order valence-corrected chi connectivity index (χ3v) is 3.40. The van der Waals surface area contributed by atoms with Gasteiger partial charge in [-0.1, -0.05) is 30.3 Å². The summed E-state index contributed by atoms with van der Waals surface area (Å²) in [6.07, 6.45) is 0.790. The standard InChI is InChI=1S/C14H22N2O2/c17-9-7-15-11-14(18)6-8-16(12-14)10-13-4-2-1-3-5-13/h1-5,15,17-18H,6-12H2. The molecular weight excluding hydrogens is 228 g/mol. The van der Waals surface area contributed by atoms with Gasteiger partial charge in [-0.3, -0.25) is 4.90 Å². The van der Waals surface area contributed by atoms with Gasteiger partial charge >= 0.3 is 0 Å². The summed E-state index contributed by atoms with van der Waals surface area (Å²) in [6.45, 7) is 3.72. The zero-order valence-corrected chi connectivity index (χ0v) is 10.7. The molecule has 1 fully saturated rings. The Bertz CT molecular complexity index is 358. The second-order valence-corrected chi connectivity index (χ2v) is 5.07. The second-order valence-electron chi connectivity index (χ2n) is 5.07. The van der Waals surface area contributed by atoms with Crippen LogP contribution in [0.4, 0.5) is 0 Å². The van der Waals surface area contributed by atoms with E-state index >= 15 is 0 Å². The number of hydrogen-bond donors (Lipinski definition) is 3. The molecule has 1 heterocycles. The van der Waals surface area contributed by atoms with E-state index in [1.165, 1.54) is 5.56 Å². The molecule has 0 amide bonds. The topological polar surface area (TPSA) is 55.7 Å². The lowest BCUT2D eigenvalue weighted by molar-refractivity contribution is 0.0475. The van der Waals surface area contributed by atoms with Crippen molar-refractivity contribution in [3.63, 3.8) is 0 Å². The van der Waals surface area contributed by atoms with Gasteiger partial charge in [0.1, 0.15) is 0 Å². The van der Waals surface area contributed by atoms with Gasteiger partial charge in [-0.05, 0) is 12.0 Å². The number of β-amino-alcohol motifs (C(OH)–C–C–N with tert-alkyl or cyclic N) is 1. The van der Waals surface area contributed by atoms with E-state index < -0.39 is 5.60 Å². The van der Waals surface area contributed by atoms with Gasteiger partial charge in [-0.2, -0.15) is 0 Å². The van der Waals surface area contributed by atoms with Crippen molar-refractivity contribution in [2.24, 2.45) is 0 Å². The molecule has 0 aromatic heterocycles. The molecule has 1 aromatic rings. The molecule has 1 aromatic carbocycles. The number of nitrogens with one attached hydrogen (secondary N) is 1. The van der Waals surface area contributed by atoms with Crippen molar-refractivity contribution in [1.82, 2.24) is 10.2 Å². The lowest BCUT2D eigenvalue weighted by Crippen LogP contribution is -2.43. The molecule has 0 radical (unpaired) electrons. The lowest BCUT2D eigenvalue weighted by Gasteiger charge is -2.23. The third kappa shape index (κ3) is 3.78. The normalized spacial score (nSPS) is 24.6. The van der Waals surface area contributed by atoms with Crippen molar-refractivity contribution in [2.75, 3.05) is 32.8 Å². The molecule has 0 bridgehead atoms. The molecule has 4 heteroatoms. The second kappa shape index (κ2) is 6.29. The molecule has 4 nitrogen and oxygen atoms in total. The first-order chi connectivity index (χ1) is 8.72. The summed E-state index contributed by atoms with van der Waals surface area (Å²) in [5, 5.41) is 22.2. The predicted molar refractivity (Wildman–Crippen MR) is 71.2 cm³/mol. The number of aliphatic hydroxyl groups is 2.